The van der Waals surface area contributed by atoms with Gasteiger partial charge in [0.15, 0.2) is 0 Å². The van der Waals surface area contributed by atoms with Gasteiger partial charge < -0.3 is 19.5 Å². The number of allylic oxidation sites excluding steroid dienone is 2. The number of rotatable bonds is 4. The largest absolute Gasteiger partial charge is 0.465 e. The lowest BCUT2D eigenvalue weighted by molar-refractivity contribution is -0.139. The number of carbonyl (C=O) groups excluding carboxylic acids is 2. The number of nitrogens with zero attached hydrogens (tertiary/aromatic N) is 1. The van der Waals surface area contributed by atoms with Gasteiger partial charge in [-0.1, -0.05) is 30.3 Å². The summed E-state index contributed by atoms with van der Waals surface area (Å²) in [6.45, 7) is -0.236. The van der Waals surface area contributed by atoms with Gasteiger partial charge in [0, 0.05) is 11.8 Å². The van der Waals surface area contributed by atoms with E-state index < -0.39 is 11.9 Å². The number of benzene rings is 2. The van der Waals surface area contributed by atoms with E-state index in [2.05, 4.69) is 0 Å². The van der Waals surface area contributed by atoms with Crippen LogP contribution >= 0.6 is 0 Å². The van der Waals surface area contributed by atoms with Crippen molar-refractivity contribution in [3.05, 3.63) is 77.7 Å². The predicted molar refractivity (Wildman–Crippen MR) is 102 cm³/mol. The SMILES string of the molecule is COC(=O)C1=C(C(=O)OC)N(c2cc3ccccc3cc2CO)C=CC=C1. The third-order valence-electron chi connectivity index (χ3n) is 4.27. The van der Waals surface area contributed by atoms with Crippen molar-refractivity contribution in [1.29, 1.82) is 0 Å². The van der Waals surface area contributed by atoms with E-state index in [1.165, 1.54) is 25.2 Å². The molecule has 6 nitrogen and oxygen atoms in total. The summed E-state index contributed by atoms with van der Waals surface area (Å²) >= 11 is 0. The second-order valence-corrected chi connectivity index (χ2v) is 5.80. The van der Waals surface area contributed by atoms with Crippen molar-refractivity contribution < 1.29 is 24.2 Å². The van der Waals surface area contributed by atoms with E-state index in [0.29, 0.717) is 11.3 Å². The topological polar surface area (TPSA) is 76.1 Å². The van der Waals surface area contributed by atoms with Gasteiger partial charge in [-0.3, -0.25) is 0 Å². The Hall–Kier alpha value is -3.38. The Labute approximate surface area is 156 Å². The van der Waals surface area contributed by atoms with Crippen molar-refractivity contribution in [2.45, 2.75) is 6.61 Å². The second-order valence-electron chi connectivity index (χ2n) is 5.80. The summed E-state index contributed by atoms with van der Waals surface area (Å²) in [7, 11) is 2.49. The fourth-order valence-electron chi connectivity index (χ4n) is 2.98. The Balaban J connectivity index is 2.28. The number of hydrogen-bond acceptors (Lipinski definition) is 6. The maximum atomic E-state index is 12.5. The molecule has 1 N–H and O–H groups in total. The zero-order valence-electron chi connectivity index (χ0n) is 15.0. The normalized spacial score (nSPS) is 13.7. The molecule has 0 saturated heterocycles. The first-order valence-corrected chi connectivity index (χ1v) is 8.28. The standard InChI is InChI=1S/C21H19NO5/c1-26-20(24)17-9-5-6-10-22(19(17)21(25)27-2)18-12-15-8-4-3-7-14(15)11-16(18)13-23/h3-12,23H,13H2,1-2H3. The van der Waals surface area contributed by atoms with Crippen LogP contribution in [0.25, 0.3) is 10.8 Å². The van der Waals surface area contributed by atoms with Gasteiger partial charge >= 0.3 is 11.9 Å². The molecule has 1 aliphatic rings. The second kappa shape index (κ2) is 7.88. The molecule has 3 rings (SSSR count). The molecule has 0 bridgehead atoms. The molecule has 0 fully saturated rings. The van der Waals surface area contributed by atoms with Crippen LogP contribution in [-0.2, 0) is 25.7 Å². The van der Waals surface area contributed by atoms with Crippen molar-refractivity contribution in [2.24, 2.45) is 0 Å². The summed E-state index contributed by atoms with van der Waals surface area (Å²) in [6.07, 6.45) is 6.46. The number of aliphatic hydroxyl groups excluding tert-OH is 1. The molecule has 0 spiro atoms. The smallest absolute Gasteiger partial charge is 0.355 e. The van der Waals surface area contributed by atoms with Crippen LogP contribution in [0.1, 0.15) is 5.56 Å². The van der Waals surface area contributed by atoms with Crippen LogP contribution < -0.4 is 4.90 Å². The fourth-order valence-corrected chi connectivity index (χ4v) is 2.98. The average Bonchev–Trinajstić information content (AvgIpc) is 2.94. The zero-order valence-corrected chi connectivity index (χ0v) is 15.0. The number of hydrogen-bond donors (Lipinski definition) is 1. The summed E-state index contributed by atoms with van der Waals surface area (Å²) in [5.41, 5.74) is 1.24. The van der Waals surface area contributed by atoms with Crippen molar-refractivity contribution in [1.82, 2.24) is 0 Å². The Bertz CT molecular complexity index is 987. The number of carbonyl (C=O) groups is 2. The molecule has 2 aromatic rings. The lowest BCUT2D eigenvalue weighted by Crippen LogP contribution is -2.27. The van der Waals surface area contributed by atoms with E-state index in [4.69, 9.17) is 9.47 Å². The number of esters is 2. The van der Waals surface area contributed by atoms with Gasteiger partial charge in [0.05, 0.1) is 32.1 Å². The minimum absolute atomic E-state index is 0.0133. The maximum Gasteiger partial charge on any atom is 0.355 e. The predicted octanol–water partition coefficient (Wildman–Crippen LogP) is 2.82. The quantitative estimate of drug-likeness (QED) is 0.840. The van der Waals surface area contributed by atoms with E-state index >= 15 is 0 Å². The fraction of sp³-hybridized carbons (Fsp3) is 0.143. The molecule has 6 heteroatoms. The van der Waals surface area contributed by atoms with Crippen molar-refractivity contribution in [2.75, 3.05) is 19.1 Å². The van der Waals surface area contributed by atoms with Crippen molar-refractivity contribution in [3.63, 3.8) is 0 Å². The summed E-state index contributed by atoms with van der Waals surface area (Å²) in [5.74, 6) is -1.35. The molecule has 1 heterocycles. The Kier molecular flexibility index (Phi) is 5.38. The van der Waals surface area contributed by atoms with Gasteiger partial charge in [-0.2, -0.15) is 0 Å². The van der Waals surface area contributed by atoms with Gasteiger partial charge in [-0.15, -0.1) is 0 Å². The van der Waals surface area contributed by atoms with E-state index in [9.17, 15) is 14.7 Å². The van der Waals surface area contributed by atoms with Crippen molar-refractivity contribution >= 4 is 28.4 Å². The van der Waals surface area contributed by atoms with Gasteiger partial charge in [0.2, 0.25) is 0 Å². The lowest BCUT2D eigenvalue weighted by Gasteiger charge is -2.25. The lowest BCUT2D eigenvalue weighted by atomic mass is 10.0. The third kappa shape index (κ3) is 3.47. The van der Waals surface area contributed by atoms with E-state index in [0.717, 1.165) is 10.8 Å². The molecule has 2 aromatic carbocycles. The molecule has 0 aromatic heterocycles. The van der Waals surface area contributed by atoms with Crippen LogP contribution in [0.3, 0.4) is 0 Å². The number of anilines is 1. The third-order valence-corrected chi connectivity index (χ3v) is 4.27. The van der Waals surface area contributed by atoms with E-state index in [-0.39, 0.29) is 17.9 Å². The zero-order chi connectivity index (χ0) is 19.4. The van der Waals surface area contributed by atoms with E-state index in [1.54, 1.807) is 18.4 Å². The van der Waals surface area contributed by atoms with Crippen LogP contribution in [0.5, 0.6) is 0 Å². The molecule has 1 aliphatic heterocycles. The number of aliphatic hydroxyl groups is 1. The highest BCUT2D eigenvalue weighted by Crippen LogP contribution is 2.32. The summed E-state index contributed by atoms with van der Waals surface area (Å²) < 4.78 is 9.73. The number of fused-ring (bicyclic) bond motifs is 1. The first-order chi connectivity index (χ1) is 13.1. The Morgan fingerprint density at radius 3 is 2.30 bits per heavy atom. The maximum absolute atomic E-state index is 12.5. The summed E-state index contributed by atoms with van der Waals surface area (Å²) in [4.78, 5) is 26.3. The molecular formula is C21H19NO5. The molecular weight excluding hydrogens is 346 g/mol. The number of ether oxygens (including phenoxy) is 2. The van der Waals surface area contributed by atoms with Crippen LogP contribution in [0.2, 0.25) is 0 Å². The minimum Gasteiger partial charge on any atom is -0.465 e. The van der Waals surface area contributed by atoms with E-state index in [1.807, 2.05) is 36.4 Å². The molecule has 0 unspecified atom stereocenters. The Morgan fingerprint density at radius 1 is 1.00 bits per heavy atom. The Morgan fingerprint density at radius 2 is 1.67 bits per heavy atom. The van der Waals surface area contributed by atoms with Gasteiger partial charge in [0.1, 0.15) is 5.70 Å². The van der Waals surface area contributed by atoms with Crippen LogP contribution in [0, 0.1) is 0 Å². The number of methoxy groups -OCH3 is 2. The monoisotopic (exact) mass is 365 g/mol. The first kappa shape index (κ1) is 18.4. The first-order valence-electron chi connectivity index (χ1n) is 8.28. The van der Waals surface area contributed by atoms with Gasteiger partial charge in [-0.25, -0.2) is 9.59 Å². The van der Waals surface area contributed by atoms with Crippen molar-refractivity contribution in [3.8, 4) is 0 Å². The highest BCUT2D eigenvalue weighted by molar-refractivity contribution is 6.06. The molecule has 0 aliphatic carbocycles. The highest BCUT2D eigenvalue weighted by atomic mass is 16.5. The minimum atomic E-state index is -0.691. The molecule has 0 radical (unpaired) electrons. The average molecular weight is 365 g/mol. The molecule has 138 valence electrons. The van der Waals surface area contributed by atoms with Crippen LogP contribution in [0.15, 0.2) is 72.1 Å². The summed E-state index contributed by atoms with van der Waals surface area (Å²) in [6, 6.07) is 11.4. The van der Waals surface area contributed by atoms with Gasteiger partial charge in [-0.05, 0) is 35.1 Å². The summed E-state index contributed by atoms with van der Waals surface area (Å²) in [5, 5.41) is 11.8. The molecule has 27 heavy (non-hydrogen) atoms. The van der Waals surface area contributed by atoms with Crippen LogP contribution in [-0.4, -0.2) is 31.3 Å². The molecule has 0 saturated carbocycles. The molecule has 0 amide bonds. The molecule has 0 atom stereocenters. The van der Waals surface area contributed by atoms with Gasteiger partial charge in [0.25, 0.3) is 0 Å². The highest BCUT2D eigenvalue weighted by Gasteiger charge is 2.28. The van der Waals surface area contributed by atoms with Crippen LogP contribution in [0.4, 0.5) is 5.69 Å².